The Bertz CT molecular complexity index is 3030. The van der Waals surface area contributed by atoms with E-state index in [0.29, 0.717) is 29.0 Å². The minimum absolute atomic E-state index is 0.0397. The number of alkyl halides is 6. The van der Waals surface area contributed by atoms with Crippen molar-refractivity contribution < 1.29 is 50.2 Å². The molecule has 5 aromatic carbocycles. The number of para-hydroxylation sites is 2. The number of ether oxygens (including phenoxy) is 2. The number of carbonyl (C=O) groups is 3. The summed E-state index contributed by atoms with van der Waals surface area (Å²) in [6.07, 6.45) is -9.88. The van der Waals surface area contributed by atoms with Gasteiger partial charge in [0.2, 0.25) is 11.6 Å². The molecule has 5 amide bonds. The van der Waals surface area contributed by atoms with Gasteiger partial charge in [0.1, 0.15) is 11.5 Å². The number of hydrazine groups is 2. The number of carbonyl (C=O) groups excluding carboxylic acids is 3. The molecular weight excluding hydrogens is 948 g/mol. The predicted octanol–water partition coefficient (Wildman–Crippen LogP) is 10.8. The van der Waals surface area contributed by atoms with E-state index >= 15 is 0 Å². The molecule has 0 aliphatic rings. The van der Waals surface area contributed by atoms with Gasteiger partial charge in [0, 0.05) is 16.5 Å². The molecule has 0 saturated carbocycles. The molecule has 7 N–H and O–H groups in total. The topological polar surface area (TPSA) is 205 Å². The lowest BCUT2D eigenvalue weighted by atomic mass is 10.1. The summed E-state index contributed by atoms with van der Waals surface area (Å²) in [6.45, 7) is 9.38. The molecule has 70 heavy (non-hydrogen) atoms. The first-order chi connectivity index (χ1) is 33.2. The van der Waals surface area contributed by atoms with Gasteiger partial charge in [-0.25, -0.2) is 29.5 Å². The maximum atomic E-state index is 13.3. The molecule has 23 heteroatoms. The molecule has 0 saturated heterocycles. The van der Waals surface area contributed by atoms with Gasteiger partial charge in [0.25, 0.3) is 5.91 Å². The van der Waals surface area contributed by atoms with Crippen LogP contribution in [-0.4, -0.2) is 50.7 Å². The fraction of sp³-hybridized carbons (Fsp3) is 0.213. The van der Waals surface area contributed by atoms with E-state index in [2.05, 4.69) is 57.6 Å². The monoisotopic (exact) mass is 991 g/mol. The highest BCUT2D eigenvalue weighted by molar-refractivity contribution is 6.33. The quantitative estimate of drug-likeness (QED) is 0.0329. The van der Waals surface area contributed by atoms with Crippen molar-refractivity contribution in [2.45, 2.75) is 59.5 Å². The number of benzene rings is 5. The van der Waals surface area contributed by atoms with Crippen molar-refractivity contribution in [1.29, 1.82) is 0 Å². The molecule has 0 radical (unpaired) electrons. The van der Waals surface area contributed by atoms with Crippen LogP contribution < -0.4 is 47.1 Å². The van der Waals surface area contributed by atoms with Crippen LogP contribution in [0.2, 0.25) is 5.02 Å². The second-order valence-corrected chi connectivity index (χ2v) is 15.7. The van der Waals surface area contributed by atoms with Gasteiger partial charge >= 0.3 is 24.4 Å². The van der Waals surface area contributed by atoms with Gasteiger partial charge < -0.3 is 25.4 Å². The van der Waals surface area contributed by atoms with Crippen LogP contribution in [0.5, 0.6) is 11.5 Å². The first kappa shape index (κ1) is 51.3. The van der Waals surface area contributed by atoms with Gasteiger partial charge in [-0.15, -0.1) is 0 Å². The summed E-state index contributed by atoms with van der Waals surface area (Å²) >= 11 is 6.22. The molecule has 1 atom stereocenters. The number of amides is 5. The number of hydrogen-bond acceptors (Lipinski definition) is 11. The van der Waals surface area contributed by atoms with E-state index in [1.165, 1.54) is 36.4 Å². The molecule has 0 aliphatic carbocycles. The Morgan fingerprint density at radius 2 is 1.14 bits per heavy atom. The summed E-state index contributed by atoms with van der Waals surface area (Å²) in [7, 11) is 0. The van der Waals surface area contributed by atoms with Crippen molar-refractivity contribution in [3.63, 3.8) is 0 Å². The average Bonchev–Trinajstić information content (AvgIpc) is 3.31. The Morgan fingerprint density at radius 3 is 1.66 bits per heavy atom. The number of nitrogens with one attached hydrogen (secondary N) is 7. The predicted molar refractivity (Wildman–Crippen MR) is 252 cm³/mol. The van der Waals surface area contributed by atoms with Crippen molar-refractivity contribution in [3.8, 4) is 11.5 Å². The second-order valence-electron chi connectivity index (χ2n) is 15.3. The third-order valence-electron chi connectivity index (χ3n) is 9.84. The van der Waals surface area contributed by atoms with Crippen LogP contribution in [0.15, 0.2) is 103 Å². The van der Waals surface area contributed by atoms with Crippen molar-refractivity contribution >= 4 is 74.4 Å². The highest BCUT2D eigenvalue weighted by Crippen LogP contribution is 2.32. The largest absolute Gasteiger partial charge is 0.480 e. The maximum absolute atomic E-state index is 13.3. The molecular formula is C47H44ClF6N11O5. The zero-order chi connectivity index (χ0) is 50.8. The second kappa shape index (κ2) is 22.3. The van der Waals surface area contributed by atoms with Crippen molar-refractivity contribution in [3.05, 3.63) is 142 Å². The summed E-state index contributed by atoms with van der Waals surface area (Å²) in [5, 5.41) is 8.42. The molecule has 2 heterocycles. The normalized spacial score (nSPS) is 11.7. The van der Waals surface area contributed by atoms with Crippen LogP contribution in [0.1, 0.15) is 47.2 Å². The van der Waals surface area contributed by atoms with E-state index in [0.717, 1.165) is 22.3 Å². The summed E-state index contributed by atoms with van der Waals surface area (Å²) < 4.78 is 90.2. The summed E-state index contributed by atoms with van der Waals surface area (Å²) in [5.74, 6) is -2.28. The summed E-state index contributed by atoms with van der Waals surface area (Å²) in [6, 6.07) is 26.4. The van der Waals surface area contributed by atoms with Gasteiger partial charge in [-0.2, -0.15) is 26.3 Å². The summed E-state index contributed by atoms with van der Waals surface area (Å²) in [4.78, 5) is 51.5. The molecule has 7 rings (SSSR count). The van der Waals surface area contributed by atoms with Crippen LogP contribution >= 0.6 is 11.6 Å². The van der Waals surface area contributed by atoms with Crippen LogP contribution in [0.25, 0.3) is 21.8 Å². The number of rotatable bonds is 13. The van der Waals surface area contributed by atoms with Gasteiger partial charge in [-0.1, -0.05) is 78.2 Å². The number of anilines is 4. The minimum atomic E-state index is -4.79. The van der Waals surface area contributed by atoms with E-state index in [-0.39, 0.29) is 45.5 Å². The summed E-state index contributed by atoms with van der Waals surface area (Å²) in [5.41, 5.74) is 13.9. The lowest BCUT2D eigenvalue weighted by molar-refractivity contribution is -0.145. The lowest BCUT2D eigenvalue weighted by Crippen LogP contribution is -2.41. The number of fused-ring (bicyclic) bond motifs is 2. The van der Waals surface area contributed by atoms with Crippen molar-refractivity contribution in [2.75, 3.05) is 28.2 Å². The van der Waals surface area contributed by atoms with E-state index in [4.69, 9.17) is 21.1 Å². The number of urea groups is 2. The van der Waals surface area contributed by atoms with E-state index in [9.17, 15) is 40.7 Å². The molecule has 0 bridgehead atoms. The number of aromatic nitrogens is 4. The number of aryl methyl sites for hydroxylation is 4. The zero-order valence-corrected chi connectivity index (χ0v) is 38.5. The number of halogens is 7. The van der Waals surface area contributed by atoms with Gasteiger partial charge in [0.15, 0.2) is 24.5 Å². The molecule has 0 aliphatic heterocycles. The van der Waals surface area contributed by atoms with Crippen LogP contribution in [0.4, 0.5) is 58.9 Å². The van der Waals surface area contributed by atoms with Gasteiger partial charge in [0.05, 0.1) is 21.7 Å². The number of nitrogens with zero attached hydrogens (tertiary/aromatic N) is 4. The third kappa shape index (κ3) is 13.7. The fourth-order valence-electron chi connectivity index (χ4n) is 6.50. The van der Waals surface area contributed by atoms with Gasteiger partial charge in [-0.05, 0) is 99.8 Å². The Kier molecular flexibility index (Phi) is 16.3. The standard InChI is InChI=1S/C28H26ClF3N6O3.C19H18F3N5O2/c1-4-22(41-23-12-9-15(2)13-16(23)3)25(39)33-17-10-11-19(29)21(14-17)35-27(40)38-37-24-18-7-5-6-8-20(18)34-26(36-24)28(30,31)32;1-11-7-8-15(12(2)9-11)29-10-23-18(28)27-26-16-13-5-3-4-6-14(13)24-17(25-16)19(20,21)22/h5-14,22H,4H2,1-3H3,(H,33,39)(H,34,36,37)(H2,35,38,40);3-9H,10H2,1-2H3,(H2,23,27,28)(H,24,25,26). The van der Waals surface area contributed by atoms with E-state index in [1.54, 1.807) is 36.4 Å². The Balaban J connectivity index is 0.000000244. The SMILES string of the molecule is CCC(Oc1ccc(C)cc1C)C(=O)Nc1ccc(Cl)c(NC(=O)NNc2nc(C(F)(F)F)nc3ccccc23)c1.Cc1ccc(OCNC(=O)NNc2nc(C(F)(F)F)nc3ccccc23)c(C)c1. The molecule has 7 aromatic rings. The fourth-order valence-corrected chi connectivity index (χ4v) is 6.66. The van der Waals surface area contributed by atoms with Crippen LogP contribution in [-0.2, 0) is 17.1 Å². The lowest BCUT2D eigenvalue weighted by Gasteiger charge is -2.19. The van der Waals surface area contributed by atoms with Gasteiger partial charge in [-0.3, -0.25) is 26.5 Å². The third-order valence-corrected chi connectivity index (χ3v) is 10.2. The highest BCUT2D eigenvalue weighted by Gasteiger charge is 2.36. The Morgan fingerprint density at radius 1 is 0.629 bits per heavy atom. The van der Waals surface area contributed by atoms with E-state index < -0.39 is 48.1 Å². The average molecular weight is 992 g/mol. The minimum Gasteiger partial charge on any atom is -0.480 e. The molecule has 366 valence electrons. The van der Waals surface area contributed by atoms with Crippen LogP contribution in [0, 0.1) is 27.7 Å². The molecule has 2 aromatic heterocycles. The van der Waals surface area contributed by atoms with E-state index in [1.807, 2.05) is 65.0 Å². The first-order valence-corrected chi connectivity index (χ1v) is 21.4. The maximum Gasteiger partial charge on any atom is 0.451 e. The Hall–Kier alpha value is -8.14. The Labute approximate surface area is 400 Å². The first-order valence-electron chi connectivity index (χ1n) is 21.0. The highest BCUT2D eigenvalue weighted by atomic mass is 35.5. The smallest absolute Gasteiger partial charge is 0.451 e. The zero-order valence-electron chi connectivity index (χ0n) is 37.8. The molecule has 1 unspecified atom stereocenters. The molecule has 0 spiro atoms. The van der Waals surface area contributed by atoms with Crippen LogP contribution in [0.3, 0.4) is 0 Å². The van der Waals surface area contributed by atoms with Crippen molar-refractivity contribution in [2.24, 2.45) is 0 Å². The molecule has 16 nitrogen and oxygen atoms in total. The molecule has 0 fully saturated rings. The number of hydrogen-bond donors (Lipinski definition) is 7. The van der Waals surface area contributed by atoms with Crippen molar-refractivity contribution in [1.82, 2.24) is 36.1 Å².